The van der Waals surface area contributed by atoms with E-state index in [1.165, 1.54) is 36.2 Å². The molecule has 1 fully saturated rings. The second kappa shape index (κ2) is 4.08. The molecule has 3 nitrogen and oxygen atoms in total. The predicted octanol–water partition coefficient (Wildman–Crippen LogP) is 1.02. The molecule has 1 aromatic heterocycles. The van der Waals surface area contributed by atoms with Crippen molar-refractivity contribution in [2.45, 2.75) is 38.1 Å². The minimum absolute atomic E-state index is 0.0471. The lowest BCUT2D eigenvalue weighted by molar-refractivity contribution is -0.955. The Labute approximate surface area is 119 Å². The molecule has 2 aliphatic carbocycles. The van der Waals surface area contributed by atoms with E-state index in [-0.39, 0.29) is 11.1 Å². The molecule has 0 aromatic carbocycles. The van der Waals surface area contributed by atoms with Gasteiger partial charge >= 0.3 is 0 Å². The summed E-state index contributed by atoms with van der Waals surface area (Å²) in [6.07, 6.45) is 7.32. The number of nitrogens with one attached hydrogen (secondary N) is 2. The number of hydrogen-bond acceptors (Lipinski definition) is 1. The highest BCUT2D eigenvalue weighted by Crippen LogP contribution is 2.50. The second-order valence-corrected chi connectivity index (χ2v) is 7.02. The van der Waals surface area contributed by atoms with Crippen molar-refractivity contribution in [1.29, 1.82) is 0 Å². The Morgan fingerprint density at radius 2 is 2.25 bits per heavy atom. The van der Waals surface area contributed by atoms with Crippen molar-refractivity contribution in [3.05, 3.63) is 45.4 Å². The Morgan fingerprint density at radius 3 is 3.10 bits per heavy atom. The third-order valence-corrected chi connectivity index (χ3v) is 5.96. The van der Waals surface area contributed by atoms with Gasteiger partial charge in [0.15, 0.2) is 0 Å². The van der Waals surface area contributed by atoms with Crippen molar-refractivity contribution < 1.29 is 4.90 Å². The minimum atomic E-state index is 0.0471. The minimum Gasteiger partial charge on any atom is -0.328 e. The average molecular weight is 271 g/mol. The molecule has 2 bridgehead atoms. The smallest absolute Gasteiger partial charge is 0.248 e. The number of fused-ring (bicyclic) bond motifs is 1. The SMILES string of the molecule is CC1=CC2Cc3[nH]c(=O)ccc3C3(C1)C2CCC[NH+]3C. The van der Waals surface area contributed by atoms with Crippen LogP contribution in [0.5, 0.6) is 0 Å². The van der Waals surface area contributed by atoms with E-state index in [4.69, 9.17) is 0 Å². The van der Waals surface area contributed by atoms with Gasteiger partial charge in [-0.25, -0.2) is 0 Å². The van der Waals surface area contributed by atoms with Crippen molar-refractivity contribution in [1.82, 2.24) is 4.98 Å². The van der Waals surface area contributed by atoms with Crippen LogP contribution in [0.3, 0.4) is 0 Å². The van der Waals surface area contributed by atoms with Gasteiger partial charge in [0.05, 0.1) is 13.6 Å². The summed E-state index contributed by atoms with van der Waals surface area (Å²) in [5.74, 6) is 1.36. The quantitative estimate of drug-likeness (QED) is 0.679. The van der Waals surface area contributed by atoms with Crippen LogP contribution in [0.1, 0.15) is 37.4 Å². The van der Waals surface area contributed by atoms with Crippen molar-refractivity contribution >= 4 is 0 Å². The Bertz CT molecular complexity index is 645. The summed E-state index contributed by atoms with van der Waals surface area (Å²) in [6.45, 7) is 3.53. The highest BCUT2D eigenvalue weighted by atomic mass is 16.1. The van der Waals surface area contributed by atoms with Crippen molar-refractivity contribution in [3.8, 4) is 0 Å². The molecule has 0 spiro atoms. The van der Waals surface area contributed by atoms with E-state index >= 15 is 0 Å². The predicted molar refractivity (Wildman–Crippen MR) is 78.8 cm³/mol. The summed E-state index contributed by atoms with van der Waals surface area (Å²) in [4.78, 5) is 16.4. The fraction of sp³-hybridized carbons (Fsp3) is 0.588. The van der Waals surface area contributed by atoms with E-state index in [2.05, 4.69) is 31.1 Å². The number of rotatable bonds is 0. The van der Waals surface area contributed by atoms with E-state index in [0.29, 0.717) is 5.92 Å². The van der Waals surface area contributed by atoms with E-state index in [0.717, 1.165) is 18.8 Å². The monoisotopic (exact) mass is 271 g/mol. The molecular weight excluding hydrogens is 248 g/mol. The highest BCUT2D eigenvalue weighted by Gasteiger charge is 2.57. The molecule has 0 saturated carbocycles. The number of H-pyrrole nitrogens is 1. The number of allylic oxidation sites excluding steroid dienone is 1. The van der Waals surface area contributed by atoms with Gasteiger partial charge in [0.2, 0.25) is 5.56 Å². The average Bonchev–Trinajstić information content (AvgIpc) is 2.39. The maximum Gasteiger partial charge on any atom is 0.248 e. The molecule has 4 atom stereocenters. The van der Waals surface area contributed by atoms with Gasteiger partial charge in [0.1, 0.15) is 5.54 Å². The first-order chi connectivity index (χ1) is 9.61. The molecule has 4 rings (SSSR count). The molecule has 20 heavy (non-hydrogen) atoms. The van der Waals surface area contributed by atoms with Crippen LogP contribution in [-0.4, -0.2) is 18.6 Å². The third-order valence-electron chi connectivity index (χ3n) is 5.96. The molecule has 106 valence electrons. The van der Waals surface area contributed by atoms with Crippen molar-refractivity contribution in [2.24, 2.45) is 11.8 Å². The van der Waals surface area contributed by atoms with Gasteiger partial charge in [-0.3, -0.25) is 4.79 Å². The van der Waals surface area contributed by atoms with E-state index in [1.807, 2.05) is 0 Å². The van der Waals surface area contributed by atoms with Crippen LogP contribution in [0, 0.1) is 11.8 Å². The maximum absolute atomic E-state index is 11.7. The first-order valence-corrected chi connectivity index (χ1v) is 7.84. The number of aromatic nitrogens is 1. The van der Waals surface area contributed by atoms with Crippen LogP contribution in [0.2, 0.25) is 0 Å². The van der Waals surface area contributed by atoms with Crippen molar-refractivity contribution in [3.63, 3.8) is 0 Å². The largest absolute Gasteiger partial charge is 0.328 e. The molecule has 3 heteroatoms. The number of pyridine rings is 1. The Balaban J connectivity index is 1.98. The molecule has 0 amide bonds. The van der Waals surface area contributed by atoms with Gasteiger partial charge in [-0.1, -0.05) is 11.6 Å². The van der Waals surface area contributed by atoms with E-state index < -0.39 is 0 Å². The number of aromatic amines is 1. The molecule has 1 saturated heterocycles. The Kier molecular flexibility index (Phi) is 2.53. The lowest BCUT2D eigenvalue weighted by atomic mass is 9.56. The fourth-order valence-corrected chi connectivity index (χ4v) is 5.27. The normalized spacial score (nSPS) is 38.7. The van der Waals surface area contributed by atoms with Crippen LogP contribution < -0.4 is 10.5 Å². The standard InChI is InChI=1S/C17H22N2O/c1-11-8-12-9-15-14(5-6-16(20)18-15)17(10-11)13(12)4-3-7-19(17)2/h5-6,8,12-13H,3-4,7,9-10H2,1-2H3,(H,18,20)/p+1. The van der Waals surface area contributed by atoms with Crippen LogP contribution in [-0.2, 0) is 12.0 Å². The molecule has 2 N–H and O–H groups in total. The fourth-order valence-electron chi connectivity index (χ4n) is 5.27. The third kappa shape index (κ3) is 1.47. The molecule has 4 unspecified atom stereocenters. The summed E-state index contributed by atoms with van der Waals surface area (Å²) in [5.41, 5.74) is 4.40. The first kappa shape index (κ1) is 12.4. The Hall–Kier alpha value is -1.35. The number of likely N-dealkylation sites (tertiary alicyclic amines) is 1. The van der Waals surface area contributed by atoms with Crippen LogP contribution >= 0.6 is 0 Å². The topological polar surface area (TPSA) is 37.3 Å². The maximum atomic E-state index is 11.7. The van der Waals surface area contributed by atoms with E-state index in [9.17, 15) is 4.79 Å². The summed E-state index contributed by atoms with van der Waals surface area (Å²) in [5, 5.41) is 0. The molecular formula is C17H23N2O+. The van der Waals surface area contributed by atoms with Crippen LogP contribution in [0.4, 0.5) is 0 Å². The zero-order valence-electron chi connectivity index (χ0n) is 12.3. The van der Waals surface area contributed by atoms with Crippen molar-refractivity contribution in [2.75, 3.05) is 13.6 Å². The zero-order chi connectivity index (χ0) is 13.9. The van der Waals surface area contributed by atoms with Gasteiger partial charge in [-0.05, 0) is 38.2 Å². The Morgan fingerprint density at radius 1 is 1.40 bits per heavy atom. The van der Waals surface area contributed by atoms with Gasteiger partial charge in [-0.15, -0.1) is 0 Å². The van der Waals surface area contributed by atoms with Gasteiger partial charge in [-0.2, -0.15) is 0 Å². The van der Waals surface area contributed by atoms with Crippen LogP contribution in [0.15, 0.2) is 28.6 Å². The first-order valence-electron chi connectivity index (χ1n) is 7.84. The lowest BCUT2D eigenvalue weighted by Crippen LogP contribution is -3.18. The summed E-state index contributed by atoms with van der Waals surface area (Å²) >= 11 is 0. The zero-order valence-corrected chi connectivity index (χ0v) is 12.3. The molecule has 2 heterocycles. The molecule has 3 aliphatic rings. The summed E-state index contributed by atoms with van der Waals surface area (Å²) < 4.78 is 0. The summed E-state index contributed by atoms with van der Waals surface area (Å²) in [6, 6.07) is 3.84. The molecule has 0 radical (unpaired) electrons. The number of hydrogen-bond donors (Lipinski definition) is 2. The van der Waals surface area contributed by atoms with E-state index in [1.54, 1.807) is 11.0 Å². The van der Waals surface area contributed by atoms with Crippen LogP contribution in [0.25, 0.3) is 0 Å². The van der Waals surface area contributed by atoms with Gasteiger partial charge < -0.3 is 9.88 Å². The summed E-state index contributed by atoms with van der Waals surface area (Å²) in [7, 11) is 2.35. The van der Waals surface area contributed by atoms with Gasteiger partial charge in [0.25, 0.3) is 0 Å². The highest BCUT2D eigenvalue weighted by molar-refractivity contribution is 5.37. The number of piperidine rings is 1. The lowest BCUT2D eigenvalue weighted by Gasteiger charge is -2.55. The molecule has 1 aliphatic heterocycles. The van der Waals surface area contributed by atoms with Gasteiger partial charge in [0, 0.05) is 29.7 Å². The number of quaternary nitrogens is 1. The second-order valence-electron chi connectivity index (χ2n) is 7.02. The molecule has 1 aromatic rings.